The monoisotopic (exact) mass is 475 g/mol. The van der Waals surface area contributed by atoms with E-state index in [0.29, 0.717) is 0 Å². The number of amides is 4. The predicted octanol–water partition coefficient (Wildman–Crippen LogP) is 3.83. The fraction of sp³-hybridized carbons (Fsp3) is 0.192. The number of para-hydroxylation sites is 1. The number of halogens is 1. The standard InChI is InChI=1S/C26H26FN5O3/c1-16-13-18(17(2)32(16)20-11-9-19(10-12-20)30(3)4)14-23-25(34)31(26(35)29-23)15-24(33)28-22-8-6-5-7-21(22)27/h5-14H,15H2,1-4H3,(H,28,33)(H,29,35)/b23-14+. The van der Waals surface area contributed by atoms with Gasteiger partial charge in [-0.05, 0) is 68.0 Å². The molecule has 0 bridgehead atoms. The number of aromatic nitrogens is 1. The second kappa shape index (κ2) is 9.46. The molecule has 3 aromatic rings. The maximum atomic E-state index is 13.8. The quantitative estimate of drug-likeness (QED) is 0.419. The molecule has 0 atom stereocenters. The van der Waals surface area contributed by atoms with Gasteiger partial charge in [-0.2, -0.15) is 0 Å². The molecule has 1 aliphatic heterocycles. The van der Waals surface area contributed by atoms with E-state index in [1.807, 2.05) is 63.2 Å². The van der Waals surface area contributed by atoms with Crippen LogP contribution in [0, 0.1) is 19.7 Å². The Bertz CT molecular complexity index is 1340. The van der Waals surface area contributed by atoms with Gasteiger partial charge in [0, 0.05) is 36.9 Å². The summed E-state index contributed by atoms with van der Waals surface area (Å²) in [5.41, 5.74) is 4.72. The van der Waals surface area contributed by atoms with E-state index in [2.05, 4.69) is 15.2 Å². The van der Waals surface area contributed by atoms with Gasteiger partial charge in [0.05, 0.1) is 5.69 Å². The third-order valence-electron chi connectivity index (χ3n) is 5.81. The number of carbonyl (C=O) groups excluding carboxylic acids is 3. The van der Waals surface area contributed by atoms with Crippen LogP contribution in [0.3, 0.4) is 0 Å². The lowest BCUT2D eigenvalue weighted by atomic mass is 10.2. The first-order valence-electron chi connectivity index (χ1n) is 11.0. The summed E-state index contributed by atoms with van der Waals surface area (Å²) in [7, 11) is 3.95. The van der Waals surface area contributed by atoms with E-state index in [1.165, 1.54) is 18.2 Å². The third-order valence-corrected chi connectivity index (χ3v) is 5.81. The van der Waals surface area contributed by atoms with Crippen molar-refractivity contribution in [2.24, 2.45) is 0 Å². The molecule has 8 nitrogen and oxygen atoms in total. The van der Waals surface area contributed by atoms with Crippen LogP contribution in [0.4, 0.5) is 20.6 Å². The lowest BCUT2D eigenvalue weighted by Crippen LogP contribution is -2.38. The van der Waals surface area contributed by atoms with Crippen molar-refractivity contribution in [1.29, 1.82) is 0 Å². The number of rotatable bonds is 6. The first-order valence-corrected chi connectivity index (χ1v) is 11.0. The third kappa shape index (κ3) is 4.79. The summed E-state index contributed by atoms with van der Waals surface area (Å²) in [6, 6.07) is 15.0. The van der Waals surface area contributed by atoms with Gasteiger partial charge >= 0.3 is 6.03 Å². The van der Waals surface area contributed by atoms with Crippen molar-refractivity contribution in [2.75, 3.05) is 30.9 Å². The van der Waals surface area contributed by atoms with E-state index in [-0.39, 0.29) is 11.4 Å². The first-order chi connectivity index (χ1) is 16.7. The van der Waals surface area contributed by atoms with Crippen LogP contribution >= 0.6 is 0 Å². The van der Waals surface area contributed by atoms with Crippen molar-refractivity contribution in [3.8, 4) is 5.69 Å². The average Bonchev–Trinajstić information content (AvgIpc) is 3.24. The molecule has 4 amide bonds. The molecule has 0 aliphatic carbocycles. The Balaban J connectivity index is 1.53. The number of nitrogens with zero attached hydrogens (tertiary/aromatic N) is 3. The molecule has 0 unspecified atom stereocenters. The minimum Gasteiger partial charge on any atom is -0.378 e. The molecule has 2 N–H and O–H groups in total. The highest BCUT2D eigenvalue weighted by Gasteiger charge is 2.35. The van der Waals surface area contributed by atoms with Crippen LogP contribution in [0.25, 0.3) is 11.8 Å². The molecule has 1 fully saturated rings. The summed E-state index contributed by atoms with van der Waals surface area (Å²) >= 11 is 0. The lowest BCUT2D eigenvalue weighted by molar-refractivity contribution is -0.127. The summed E-state index contributed by atoms with van der Waals surface area (Å²) in [6.07, 6.45) is 1.60. The van der Waals surface area contributed by atoms with Gasteiger partial charge in [0.25, 0.3) is 5.91 Å². The van der Waals surface area contributed by atoms with Gasteiger partial charge in [0.1, 0.15) is 18.1 Å². The summed E-state index contributed by atoms with van der Waals surface area (Å²) in [5.74, 6) is -1.91. The lowest BCUT2D eigenvalue weighted by Gasteiger charge is -2.15. The molecule has 4 rings (SSSR count). The van der Waals surface area contributed by atoms with Crippen molar-refractivity contribution >= 4 is 35.3 Å². The van der Waals surface area contributed by atoms with Gasteiger partial charge in [-0.3, -0.25) is 9.59 Å². The molecular formula is C26H26FN5O3. The fourth-order valence-electron chi connectivity index (χ4n) is 4.00. The molecule has 2 heterocycles. The smallest absolute Gasteiger partial charge is 0.329 e. The Morgan fingerprint density at radius 2 is 1.77 bits per heavy atom. The van der Waals surface area contributed by atoms with Crippen LogP contribution in [-0.4, -0.2) is 48.0 Å². The average molecular weight is 476 g/mol. The van der Waals surface area contributed by atoms with Crippen LogP contribution in [0.2, 0.25) is 0 Å². The number of aryl methyl sites for hydroxylation is 1. The summed E-state index contributed by atoms with van der Waals surface area (Å²) in [5, 5.41) is 4.91. The van der Waals surface area contributed by atoms with Gasteiger partial charge in [0.2, 0.25) is 5.91 Å². The maximum Gasteiger partial charge on any atom is 0.329 e. The van der Waals surface area contributed by atoms with Crippen LogP contribution in [0.1, 0.15) is 17.0 Å². The second-order valence-corrected chi connectivity index (χ2v) is 8.48. The molecule has 9 heteroatoms. The number of nitrogens with one attached hydrogen (secondary N) is 2. The Labute approximate surface area is 202 Å². The zero-order chi connectivity index (χ0) is 25.3. The number of hydrogen-bond donors (Lipinski definition) is 2. The predicted molar refractivity (Wildman–Crippen MR) is 133 cm³/mol. The fourth-order valence-corrected chi connectivity index (χ4v) is 4.00. The molecule has 1 saturated heterocycles. The molecule has 0 spiro atoms. The summed E-state index contributed by atoms with van der Waals surface area (Å²) in [4.78, 5) is 40.4. The van der Waals surface area contributed by atoms with Crippen LogP contribution < -0.4 is 15.5 Å². The zero-order valence-electron chi connectivity index (χ0n) is 19.9. The molecule has 0 radical (unpaired) electrons. The highest BCUT2D eigenvalue weighted by atomic mass is 19.1. The van der Waals surface area contributed by atoms with Crippen molar-refractivity contribution in [2.45, 2.75) is 13.8 Å². The van der Waals surface area contributed by atoms with E-state index in [0.717, 1.165) is 33.2 Å². The van der Waals surface area contributed by atoms with E-state index >= 15 is 0 Å². The van der Waals surface area contributed by atoms with Crippen molar-refractivity contribution < 1.29 is 18.8 Å². The van der Waals surface area contributed by atoms with Gasteiger partial charge in [-0.25, -0.2) is 14.1 Å². The van der Waals surface area contributed by atoms with Gasteiger partial charge < -0.3 is 20.1 Å². The Kier molecular flexibility index (Phi) is 6.42. The Morgan fingerprint density at radius 3 is 2.43 bits per heavy atom. The molecule has 180 valence electrons. The van der Waals surface area contributed by atoms with Crippen LogP contribution in [0.15, 0.2) is 60.3 Å². The minimum atomic E-state index is -0.710. The number of anilines is 2. The topological polar surface area (TPSA) is 86.7 Å². The number of carbonyl (C=O) groups is 3. The number of hydrogen-bond acceptors (Lipinski definition) is 4. The van der Waals surface area contributed by atoms with E-state index < -0.39 is 30.2 Å². The molecule has 35 heavy (non-hydrogen) atoms. The highest BCUT2D eigenvalue weighted by molar-refractivity contribution is 6.16. The van der Waals surface area contributed by atoms with Crippen molar-refractivity contribution in [1.82, 2.24) is 14.8 Å². The largest absolute Gasteiger partial charge is 0.378 e. The Morgan fingerprint density at radius 1 is 1.09 bits per heavy atom. The van der Waals surface area contributed by atoms with E-state index in [1.54, 1.807) is 12.1 Å². The number of benzene rings is 2. The van der Waals surface area contributed by atoms with E-state index in [9.17, 15) is 18.8 Å². The van der Waals surface area contributed by atoms with E-state index in [4.69, 9.17) is 0 Å². The second-order valence-electron chi connectivity index (χ2n) is 8.48. The molecule has 0 saturated carbocycles. The first kappa shape index (κ1) is 23.7. The molecule has 1 aromatic heterocycles. The maximum absolute atomic E-state index is 13.8. The highest BCUT2D eigenvalue weighted by Crippen LogP contribution is 2.25. The van der Waals surface area contributed by atoms with Gasteiger partial charge in [-0.1, -0.05) is 12.1 Å². The normalized spacial score (nSPS) is 14.4. The number of imide groups is 1. The van der Waals surface area contributed by atoms with Crippen molar-refractivity contribution in [3.63, 3.8) is 0 Å². The van der Waals surface area contributed by atoms with Gasteiger partial charge in [0.15, 0.2) is 0 Å². The zero-order valence-corrected chi connectivity index (χ0v) is 19.9. The summed E-state index contributed by atoms with van der Waals surface area (Å²) in [6.45, 7) is 3.36. The summed E-state index contributed by atoms with van der Waals surface area (Å²) < 4.78 is 15.8. The molecular weight excluding hydrogens is 449 g/mol. The molecule has 2 aromatic carbocycles. The van der Waals surface area contributed by atoms with Crippen molar-refractivity contribution in [3.05, 3.63) is 83.1 Å². The molecule has 1 aliphatic rings. The van der Waals surface area contributed by atoms with Crippen LogP contribution in [-0.2, 0) is 9.59 Å². The van der Waals surface area contributed by atoms with Gasteiger partial charge in [-0.15, -0.1) is 0 Å². The SMILES string of the molecule is Cc1cc(/C=C2/NC(=O)N(CC(=O)Nc3ccccc3F)C2=O)c(C)n1-c1ccc(N(C)C)cc1. The number of urea groups is 1. The Hall–Kier alpha value is -4.40. The van der Waals surface area contributed by atoms with Crippen LogP contribution in [0.5, 0.6) is 0 Å². The minimum absolute atomic E-state index is 0.0219.